The Morgan fingerprint density at radius 2 is 1.67 bits per heavy atom. The molecule has 0 aliphatic carbocycles. The molecule has 0 radical (unpaired) electrons. The smallest absolute Gasteiger partial charge is 0.224 e. The maximum absolute atomic E-state index is 12.4. The molecule has 0 aliphatic heterocycles. The van der Waals surface area contributed by atoms with Gasteiger partial charge in [-0.3, -0.25) is 9.59 Å². The molecule has 0 saturated heterocycles. The molecule has 27 heavy (non-hydrogen) atoms. The van der Waals surface area contributed by atoms with Crippen molar-refractivity contribution in [1.29, 1.82) is 0 Å². The van der Waals surface area contributed by atoms with Crippen LogP contribution in [0.25, 0.3) is 0 Å². The number of hydrogen-bond donors (Lipinski definition) is 2. The van der Waals surface area contributed by atoms with E-state index < -0.39 is 0 Å². The number of nitrogens with one attached hydrogen (secondary N) is 2. The third-order valence-electron chi connectivity index (χ3n) is 4.25. The van der Waals surface area contributed by atoms with Gasteiger partial charge < -0.3 is 15.4 Å². The van der Waals surface area contributed by atoms with Crippen LogP contribution < -0.4 is 15.4 Å². The zero-order valence-electron chi connectivity index (χ0n) is 16.7. The second-order valence-electron chi connectivity index (χ2n) is 7.59. The standard InChI is InChI=1S/C22H28N2O3/c1-15(25)23-18-11-12-20(27-5)19(14-18)24-21(26)13-8-16-6-9-17(10-7-16)22(2,3)4/h6-7,9-12,14H,8,13H2,1-5H3,(H,23,25)(H,24,26). The van der Waals surface area contributed by atoms with Gasteiger partial charge in [0.15, 0.2) is 0 Å². The Morgan fingerprint density at radius 1 is 1.00 bits per heavy atom. The Balaban J connectivity index is 2.00. The number of aryl methyl sites for hydroxylation is 1. The minimum atomic E-state index is -0.170. The van der Waals surface area contributed by atoms with E-state index in [1.165, 1.54) is 12.5 Å². The van der Waals surface area contributed by atoms with Crippen LogP contribution in [0.1, 0.15) is 45.2 Å². The van der Waals surface area contributed by atoms with E-state index in [-0.39, 0.29) is 17.2 Å². The second-order valence-corrected chi connectivity index (χ2v) is 7.59. The van der Waals surface area contributed by atoms with Crippen LogP contribution >= 0.6 is 0 Å². The van der Waals surface area contributed by atoms with Gasteiger partial charge in [-0.05, 0) is 41.2 Å². The zero-order chi connectivity index (χ0) is 20.0. The first-order valence-electron chi connectivity index (χ1n) is 9.04. The lowest BCUT2D eigenvalue weighted by Gasteiger charge is -2.19. The first-order valence-corrected chi connectivity index (χ1v) is 9.04. The Kier molecular flexibility index (Phi) is 6.61. The first-order chi connectivity index (χ1) is 12.7. The lowest BCUT2D eigenvalue weighted by atomic mass is 9.86. The van der Waals surface area contributed by atoms with Gasteiger partial charge in [0.25, 0.3) is 0 Å². The van der Waals surface area contributed by atoms with Crippen LogP contribution in [-0.4, -0.2) is 18.9 Å². The van der Waals surface area contributed by atoms with E-state index in [0.717, 1.165) is 5.56 Å². The van der Waals surface area contributed by atoms with Gasteiger partial charge in [0.1, 0.15) is 5.75 Å². The summed E-state index contributed by atoms with van der Waals surface area (Å²) in [5.41, 5.74) is 3.66. The van der Waals surface area contributed by atoms with Crippen molar-refractivity contribution < 1.29 is 14.3 Å². The molecule has 2 N–H and O–H groups in total. The van der Waals surface area contributed by atoms with Crippen LogP contribution in [0.3, 0.4) is 0 Å². The van der Waals surface area contributed by atoms with Crippen molar-refractivity contribution in [2.24, 2.45) is 0 Å². The third kappa shape index (κ3) is 6.13. The van der Waals surface area contributed by atoms with Gasteiger partial charge in [0.2, 0.25) is 11.8 Å². The monoisotopic (exact) mass is 368 g/mol. The molecule has 5 heteroatoms. The fourth-order valence-corrected chi connectivity index (χ4v) is 2.73. The molecule has 0 spiro atoms. The lowest BCUT2D eigenvalue weighted by Crippen LogP contribution is -2.14. The van der Waals surface area contributed by atoms with Crippen LogP contribution in [0.15, 0.2) is 42.5 Å². The van der Waals surface area contributed by atoms with E-state index >= 15 is 0 Å². The number of hydrogen-bond acceptors (Lipinski definition) is 3. The highest BCUT2D eigenvalue weighted by Gasteiger charge is 2.13. The summed E-state index contributed by atoms with van der Waals surface area (Å²) in [7, 11) is 1.54. The summed E-state index contributed by atoms with van der Waals surface area (Å²) in [4.78, 5) is 23.6. The van der Waals surface area contributed by atoms with Gasteiger partial charge >= 0.3 is 0 Å². The summed E-state index contributed by atoms with van der Waals surface area (Å²) in [5.74, 6) is 0.274. The number of amides is 2. The number of carbonyl (C=O) groups excluding carboxylic acids is 2. The predicted molar refractivity (Wildman–Crippen MR) is 109 cm³/mol. The number of benzene rings is 2. The van der Waals surface area contributed by atoms with Crippen LogP contribution in [0.2, 0.25) is 0 Å². The third-order valence-corrected chi connectivity index (χ3v) is 4.25. The minimum Gasteiger partial charge on any atom is -0.495 e. The summed E-state index contributed by atoms with van der Waals surface area (Å²) >= 11 is 0. The van der Waals surface area contributed by atoms with Crippen molar-refractivity contribution in [3.05, 3.63) is 53.6 Å². The van der Waals surface area contributed by atoms with Crippen LogP contribution in [0.5, 0.6) is 5.75 Å². The summed E-state index contributed by atoms with van der Waals surface area (Å²) in [6.45, 7) is 7.97. The van der Waals surface area contributed by atoms with Crippen LogP contribution in [-0.2, 0) is 21.4 Å². The van der Waals surface area contributed by atoms with Crippen molar-refractivity contribution in [3.8, 4) is 5.75 Å². The maximum Gasteiger partial charge on any atom is 0.224 e. The van der Waals surface area contributed by atoms with E-state index in [9.17, 15) is 9.59 Å². The molecule has 0 fully saturated rings. The number of ether oxygens (including phenoxy) is 1. The first kappa shape index (κ1) is 20.5. The van der Waals surface area contributed by atoms with Crippen LogP contribution in [0, 0.1) is 0 Å². The largest absolute Gasteiger partial charge is 0.495 e. The van der Waals surface area contributed by atoms with Gasteiger partial charge in [0.05, 0.1) is 12.8 Å². The van der Waals surface area contributed by atoms with Gasteiger partial charge in [-0.15, -0.1) is 0 Å². The lowest BCUT2D eigenvalue weighted by molar-refractivity contribution is -0.116. The highest BCUT2D eigenvalue weighted by molar-refractivity contribution is 5.95. The average Bonchev–Trinajstić information content (AvgIpc) is 2.59. The fourth-order valence-electron chi connectivity index (χ4n) is 2.73. The molecule has 0 atom stereocenters. The SMILES string of the molecule is COc1ccc(NC(C)=O)cc1NC(=O)CCc1ccc(C(C)(C)C)cc1. The normalized spacial score (nSPS) is 11.0. The quantitative estimate of drug-likeness (QED) is 0.787. The molecule has 0 heterocycles. The summed E-state index contributed by atoms with van der Waals surface area (Å²) in [6.07, 6.45) is 1.02. The van der Waals surface area contributed by atoms with Crippen molar-refractivity contribution in [2.75, 3.05) is 17.7 Å². The number of rotatable bonds is 6. The van der Waals surface area contributed by atoms with E-state index in [1.54, 1.807) is 25.3 Å². The molecular weight excluding hydrogens is 340 g/mol. The number of anilines is 2. The van der Waals surface area contributed by atoms with Crippen molar-refractivity contribution in [3.63, 3.8) is 0 Å². The molecule has 144 valence electrons. The van der Waals surface area contributed by atoms with E-state index in [2.05, 4.69) is 55.7 Å². The van der Waals surface area contributed by atoms with Gasteiger partial charge in [-0.25, -0.2) is 0 Å². The Bertz CT molecular complexity index is 805. The molecule has 0 aliphatic rings. The second kappa shape index (κ2) is 8.71. The molecular formula is C22H28N2O3. The Hall–Kier alpha value is -2.82. The maximum atomic E-state index is 12.4. The predicted octanol–water partition coefficient (Wildman–Crippen LogP) is 4.52. The molecule has 2 rings (SSSR count). The molecule has 5 nitrogen and oxygen atoms in total. The minimum absolute atomic E-state index is 0.104. The van der Waals surface area contributed by atoms with Crippen LogP contribution in [0.4, 0.5) is 11.4 Å². The summed E-state index contributed by atoms with van der Waals surface area (Å²) in [6, 6.07) is 13.5. The topological polar surface area (TPSA) is 67.4 Å². The highest BCUT2D eigenvalue weighted by atomic mass is 16.5. The fraction of sp³-hybridized carbons (Fsp3) is 0.364. The van der Waals surface area contributed by atoms with Crippen molar-refractivity contribution >= 4 is 23.2 Å². The number of carbonyl (C=O) groups is 2. The molecule has 2 aromatic carbocycles. The molecule has 0 unspecified atom stereocenters. The van der Waals surface area contributed by atoms with E-state index in [0.29, 0.717) is 30.0 Å². The Morgan fingerprint density at radius 3 is 2.22 bits per heavy atom. The molecule has 0 aromatic heterocycles. The molecule has 2 amide bonds. The zero-order valence-corrected chi connectivity index (χ0v) is 16.7. The molecule has 2 aromatic rings. The average molecular weight is 368 g/mol. The van der Waals surface area contributed by atoms with Gasteiger partial charge in [-0.1, -0.05) is 45.0 Å². The Labute approximate surface area is 161 Å². The summed E-state index contributed by atoms with van der Waals surface area (Å²) < 4.78 is 5.29. The summed E-state index contributed by atoms with van der Waals surface area (Å²) in [5, 5.41) is 5.56. The van der Waals surface area contributed by atoms with E-state index in [4.69, 9.17) is 4.74 Å². The van der Waals surface area contributed by atoms with Gasteiger partial charge in [-0.2, -0.15) is 0 Å². The van der Waals surface area contributed by atoms with E-state index in [1.807, 2.05) is 0 Å². The van der Waals surface area contributed by atoms with Crippen molar-refractivity contribution in [2.45, 2.75) is 46.0 Å². The van der Waals surface area contributed by atoms with Crippen molar-refractivity contribution in [1.82, 2.24) is 0 Å². The molecule has 0 saturated carbocycles. The van der Waals surface area contributed by atoms with Gasteiger partial charge in [0, 0.05) is 19.0 Å². The highest BCUT2D eigenvalue weighted by Crippen LogP contribution is 2.28. The number of methoxy groups -OCH3 is 1. The molecule has 0 bridgehead atoms.